The minimum atomic E-state index is -1.50. The van der Waals surface area contributed by atoms with Gasteiger partial charge in [-0.3, -0.25) is 0 Å². The first-order valence-corrected chi connectivity index (χ1v) is 11.2. The molecule has 6 atom stereocenters. The van der Waals surface area contributed by atoms with Gasteiger partial charge < -0.3 is 25.0 Å². The monoisotopic (exact) mass is 435 g/mol. The molecule has 30 heavy (non-hydrogen) atoms. The van der Waals surface area contributed by atoms with Gasteiger partial charge in [-0.15, -0.1) is 0 Å². The van der Waals surface area contributed by atoms with Crippen LogP contribution in [-0.4, -0.2) is 72.6 Å². The van der Waals surface area contributed by atoms with E-state index in [1.807, 2.05) is 0 Å². The average molecular weight is 436 g/mol. The molecular formula is C20H26ClN5O4. The third-order valence-electron chi connectivity index (χ3n) is 7.63. The maximum Gasteiger partial charge on any atom is 0.226 e. The van der Waals surface area contributed by atoms with Crippen LogP contribution in [0.2, 0.25) is 5.28 Å². The lowest BCUT2D eigenvalue weighted by atomic mass is 9.87. The van der Waals surface area contributed by atoms with Crippen LogP contribution in [0.5, 0.6) is 0 Å². The molecule has 2 aromatic heterocycles. The highest BCUT2D eigenvalue weighted by atomic mass is 35.5. The van der Waals surface area contributed by atoms with E-state index < -0.39 is 24.0 Å². The van der Waals surface area contributed by atoms with Crippen molar-refractivity contribution in [1.82, 2.24) is 19.7 Å². The first-order chi connectivity index (χ1) is 14.5. The van der Waals surface area contributed by atoms with Gasteiger partial charge in [0.1, 0.15) is 23.6 Å². The molecule has 0 bridgehead atoms. The van der Waals surface area contributed by atoms with E-state index in [9.17, 15) is 15.3 Å². The summed E-state index contributed by atoms with van der Waals surface area (Å²) in [5.41, 5.74) is -1.04. The Morgan fingerprint density at radius 1 is 1.17 bits per heavy atom. The summed E-state index contributed by atoms with van der Waals surface area (Å²) in [5, 5.41) is 37.2. The van der Waals surface area contributed by atoms with Crippen molar-refractivity contribution in [3.63, 3.8) is 0 Å². The Hall–Kier alpha value is -1.52. The SMILES string of the molecule is OC[C@H]1O[C@@H](n2ncc3c(N4C[C@H]5CCC[C@H]5C4)nc(Cl)nc32)[C@H](O)[C@@]1(O)C1CC1. The van der Waals surface area contributed by atoms with Crippen LogP contribution in [0.25, 0.3) is 11.0 Å². The van der Waals surface area contributed by atoms with E-state index in [2.05, 4.69) is 20.0 Å². The number of halogens is 1. The summed E-state index contributed by atoms with van der Waals surface area (Å²) in [4.78, 5) is 11.1. The van der Waals surface area contributed by atoms with Crippen molar-refractivity contribution in [3.8, 4) is 0 Å². The van der Waals surface area contributed by atoms with Gasteiger partial charge in [-0.05, 0) is 55.0 Å². The van der Waals surface area contributed by atoms with E-state index in [1.54, 1.807) is 6.20 Å². The number of aromatic nitrogens is 4. The number of nitrogens with zero attached hydrogens (tertiary/aromatic N) is 5. The molecule has 2 aliphatic carbocycles. The van der Waals surface area contributed by atoms with Crippen molar-refractivity contribution in [2.45, 2.75) is 56.1 Å². The van der Waals surface area contributed by atoms with Crippen LogP contribution in [0.15, 0.2) is 6.20 Å². The third-order valence-corrected chi connectivity index (χ3v) is 7.80. The first-order valence-electron chi connectivity index (χ1n) is 10.8. The van der Waals surface area contributed by atoms with Crippen molar-refractivity contribution in [2.24, 2.45) is 17.8 Å². The topological polar surface area (TPSA) is 117 Å². The number of hydrogen-bond acceptors (Lipinski definition) is 8. The number of ether oxygens (including phenoxy) is 1. The Bertz CT molecular complexity index is 972. The van der Waals surface area contributed by atoms with Gasteiger partial charge in [-0.1, -0.05) is 6.42 Å². The Kier molecular flexibility index (Phi) is 4.31. The number of fused-ring (bicyclic) bond motifs is 2. The van der Waals surface area contributed by atoms with Crippen LogP contribution in [0.1, 0.15) is 38.3 Å². The summed E-state index contributed by atoms with van der Waals surface area (Å²) < 4.78 is 7.36. The highest BCUT2D eigenvalue weighted by Gasteiger charge is 2.62. The zero-order chi connectivity index (χ0) is 20.6. The molecule has 4 aliphatic rings. The van der Waals surface area contributed by atoms with Crippen LogP contribution in [0.4, 0.5) is 5.82 Å². The van der Waals surface area contributed by atoms with Gasteiger partial charge in [0.15, 0.2) is 11.9 Å². The summed E-state index contributed by atoms with van der Waals surface area (Å²) >= 11 is 6.28. The maximum absolute atomic E-state index is 11.1. The van der Waals surface area contributed by atoms with Crippen LogP contribution < -0.4 is 4.90 Å². The van der Waals surface area contributed by atoms with Crippen LogP contribution in [-0.2, 0) is 4.74 Å². The summed E-state index contributed by atoms with van der Waals surface area (Å²) in [6, 6.07) is 0. The molecule has 4 heterocycles. The number of hydrogen-bond donors (Lipinski definition) is 3. The van der Waals surface area contributed by atoms with Gasteiger partial charge in [0.05, 0.1) is 18.2 Å². The smallest absolute Gasteiger partial charge is 0.226 e. The molecule has 2 saturated heterocycles. The first kappa shape index (κ1) is 19.2. The summed E-state index contributed by atoms with van der Waals surface area (Å²) in [6.45, 7) is 1.53. The van der Waals surface area contributed by atoms with E-state index in [1.165, 1.54) is 23.9 Å². The molecule has 2 saturated carbocycles. The number of rotatable bonds is 4. The average Bonchev–Trinajstić information content (AvgIpc) is 3.05. The quantitative estimate of drug-likeness (QED) is 0.611. The molecule has 9 nitrogen and oxygen atoms in total. The van der Waals surface area contributed by atoms with Gasteiger partial charge in [-0.25, -0.2) is 4.68 Å². The second-order valence-corrected chi connectivity index (χ2v) is 9.64. The fourth-order valence-corrected chi connectivity index (χ4v) is 6.08. The van der Waals surface area contributed by atoms with Crippen molar-refractivity contribution in [1.29, 1.82) is 0 Å². The van der Waals surface area contributed by atoms with Gasteiger partial charge in [0.25, 0.3) is 0 Å². The van der Waals surface area contributed by atoms with Crippen LogP contribution >= 0.6 is 11.6 Å². The summed E-state index contributed by atoms with van der Waals surface area (Å²) in [6.07, 6.45) is 4.03. The highest BCUT2D eigenvalue weighted by molar-refractivity contribution is 6.28. The summed E-state index contributed by atoms with van der Waals surface area (Å²) in [5.74, 6) is 2.06. The predicted octanol–water partition coefficient (Wildman–Crippen LogP) is 1.11. The minimum absolute atomic E-state index is 0.0886. The molecule has 162 valence electrons. The van der Waals surface area contributed by atoms with Crippen LogP contribution in [0, 0.1) is 17.8 Å². The fraction of sp³-hybridized carbons (Fsp3) is 0.750. The zero-order valence-electron chi connectivity index (χ0n) is 16.6. The standard InChI is InChI=1S/C20H26ClN5O4/c21-19-23-16(25-7-10-2-1-3-11(10)8-25)13-6-22-26(17(13)24-19)18-15(28)20(29,12-4-5-12)14(9-27)30-18/h6,10-12,14-15,18,27-29H,1-5,7-9H2/t10-,11+,14-,15+,18-,20-/m1/s1. The third kappa shape index (κ3) is 2.65. The van der Waals surface area contributed by atoms with Gasteiger partial charge in [-0.2, -0.15) is 15.1 Å². The van der Waals surface area contributed by atoms with Gasteiger partial charge in [0.2, 0.25) is 5.28 Å². The molecule has 2 aliphatic heterocycles. The second kappa shape index (κ2) is 6.74. The molecule has 0 spiro atoms. The van der Waals surface area contributed by atoms with E-state index in [-0.39, 0.29) is 17.8 Å². The molecule has 0 radical (unpaired) electrons. The second-order valence-electron chi connectivity index (χ2n) is 9.30. The number of aliphatic hydroxyl groups is 3. The van der Waals surface area contributed by atoms with Gasteiger partial charge in [0, 0.05) is 13.1 Å². The minimum Gasteiger partial charge on any atom is -0.394 e. The lowest BCUT2D eigenvalue weighted by molar-refractivity contribution is -0.107. The van der Waals surface area contributed by atoms with Gasteiger partial charge >= 0.3 is 0 Å². The highest BCUT2D eigenvalue weighted by Crippen LogP contribution is 2.51. The number of aliphatic hydroxyl groups excluding tert-OH is 2. The fourth-order valence-electron chi connectivity index (χ4n) is 5.92. The lowest BCUT2D eigenvalue weighted by Crippen LogP contribution is -2.51. The molecule has 3 N–H and O–H groups in total. The lowest BCUT2D eigenvalue weighted by Gasteiger charge is -2.30. The van der Waals surface area contributed by atoms with E-state index in [4.69, 9.17) is 16.3 Å². The van der Waals surface area contributed by atoms with E-state index in [0.29, 0.717) is 17.5 Å². The molecule has 0 amide bonds. The molecule has 6 rings (SSSR count). The Balaban J connectivity index is 1.38. The molecule has 0 aromatic carbocycles. The van der Waals surface area contributed by atoms with Crippen LogP contribution in [0.3, 0.4) is 0 Å². The number of anilines is 1. The normalized spacial score (nSPS) is 38.7. The Morgan fingerprint density at radius 2 is 1.90 bits per heavy atom. The Labute approximate surface area is 178 Å². The van der Waals surface area contributed by atoms with E-state index in [0.717, 1.165) is 37.1 Å². The zero-order valence-corrected chi connectivity index (χ0v) is 17.3. The maximum atomic E-state index is 11.1. The van der Waals surface area contributed by atoms with Crippen molar-refractivity contribution in [3.05, 3.63) is 11.5 Å². The van der Waals surface area contributed by atoms with Crippen molar-refractivity contribution < 1.29 is 20.1 Å². The van der Waals surface area contributed by atoms with Crippen molar-refractivity contribution >= 4 is 28.5 Å². The molecule has 4 fully saturated rings. The molecule has 2 aromatic rings. The Morgan fingerprint density at radius 3 is 2.57 bits per heavy atom. The van der Waals surface area contributed by atoms with Crippen molar-refractivity contribution in [2.75, 3.05) is 24.6 Å². The van der Waals surface area contributed by atoms with E-state index >= 15 is 0 Å². The molecular weight excluding hydrogens is 410 g/mol. The largest absolute Gasteiger partial charge is 0.394 e. The molecule has 0 unspecified atom stereocenters. The summed E-state index contributed by atoms with van der Waals surface area (Å²) in [7, 11) is 0. The molecule has 10 heteroatoms. The predicted molar refractivity (Wildman–Crippen MR) is 108 cm³/mol.